The number of aromatic nitrogens is 5. The van der Waals surface area contributed by atoms with E-state index in [0.717, 1.165) is 55.8 Å². The van der Waals surface area contributed by atoms with Gasteiger partial charge in [0.1, 0.15) is 91.1 Å². The molecule has 10 aromatic carbocycles. The first-order chi connectivity index (χ1) is 55.8. The Morgan fingerprint density at radius 2 is 0.526 bits per heavy atom. The summed E-state index contributed by atoms with van der Waals surface area (Å²) in [7, 11) is 10.5. The molecular weight excluding hydrogens is 1420 g/mol. The van der Waals surface area contributed by atoms with Crippen LogP contribution in [0.25, 0.3) is 166 Å². The Morgan fingerprint density at radius 1 is 0.224 bits per heavy atom. The van der Waals surface area contributed by atoms with Crippen LogP contribution in [0.1, 0.15) is 97.7 Å². The predicted octanol–water partition coefficient (Wildman–Crippen LogP) is 25.5. The van der Waals surface area contributed by atoms with Crippen molar-refractivity contribution < 1.29 is 44.9 Å². The molecule has 0 N–H and O–H groups in total. The molecule has 20 rings (SSSR count). The summed E-state index contributed by atoms with van der Waals surface area (Å²) in [4.78, 5) is 0. The van der Waals surface area contributed by atoms with E-state index in [1.165, 1.54) is 188 Å². The number of rotatable bonds is 6. The Morgan fingerprint density at radius 3 is 0.888 bits per heavy atom. The minimum atomic E-state index is 0.500. The number of pyridine rings is 5. The van der Waals surface area contributed by atoms with Crippen molar-refractivity contribution in [3.05, 3.63) is 327 Å². The molecular formula is C106H102N5O5+5. The van der Waals surface area contributed by atoms with Gasteiger partial charge in [0.15, 0.2) is 31.0 Å². The van der Waals surface area contributed by atoms with Gasteiger partial charge in [-0.15, -0.1) is 0 Å². The minimum absolute atomic E-state index is 0.500. The molecule has 10 heteroatoms. The van der Waals surface area contributed by atoms with Crippen molar-refractivity contribution in [1.82, 2.24) is 0 Å². The van der Waals surface area contributed by atoms with Crippen LogP contribution in [0.15, 0.2) is 271 Å². The average molecular weight is 1530 g/mol. The van der Waals surface area contributed by atoms with Crippen LogP contribution < -0.4 is 22.8 Å². The maximum absolute atomic E-state index is 6.31. The van der Waals surface area contributed by atoms with Crippen LogP contribution in [0.3, 0.4) is 0 Å². The number of benzene rings is 10. The number of fused-ring (bicyclic) bond motifs is 15. The van der Waals surface area contributed by atoms with E-state index in [1.807, 2.05) is 60.7 Å². The molecule has 0 aliphatic carbocycles. The van der Waals surface area contributed by atoms with Crippen molar-refractivity contribution in [3.63, 3.8) is 0 Å². The highest BCUT2D eigenvalue weighted by Gasteiger charge is 2.28. The molecule has 0 radical (unpaired) electrons. The second-order valence-electron chi connectivity index (χ2n) is 32.4. The molecule has 576 valence electrons. The third kappa shape index (κ3) is 14.0. The van der Waals surface area contributed by atoms with Gasteiger partial charge in [0.2, 0.25) is 28.5 Å². The molecule has 0 amide bonds. The molecule has 20 aromatic rings. The molecule has 116 heavy (non-hydrogen) atoms. The van der Waals surface area contributed by atoms with Gasteiger partial charge < -0.3 is 22.1 Å². The van der Waals surface area contributed by atoms with Gasteiger partial charge in [-0.05, 0) is 194 Å². The van der Waals surface area contributed by atoms with E-state index in [0.29, 0.717) is 5.92 Å². The Bertz CT molecular complexity index is 7290. The van der Waals surface area contributed by atoms with E-state index < -0.39 is 0 Å². The van der Waals surface area contributed by atoms with Gasteiger partial charge in [-0.3, -0.25) is 0 Å². The number of hydrogen-bond acceptors (Lipinski definition) is 5. The lowest BCUT2D eigenvalue weighted by Crippen LogP contribution is -2.31. The molecule has 0 aliphatic rings. The Labute approximate surface area is 679 Å². The van der Waals surface area contributed by atoms with Gasteiger partial charge in [0.05, 0.1) is 27.8 Å². The summed E-state index contributed by atoms with van der Waals surface area (Å²) in [5, 5.41) is 11.9. The first kappa shape index (κ1) is 76.9. The number of furan rings is 5. The van der Waals surface area contributed by atoms with E-state index in [4.69, 9.17) is 22.1 Å². The summed E-state index contributed by atoms with van der Waals surface area (Å²) in [6, 6.07) is 76.6. The van der Waals surface area contributed by atoms with E-state index in [9.17, 15) is 0 Å². The van der Waals surface area contributed by atoms with E-state index in [1.54, 1.807) is 0 Å². The molecule has 10 aromatic heterocycles. The van der Waals surface area contributed by atoms with Gasteiger partial charge >= 0.3 is 0 Å². The first-order valence-corrected chi connectivity index (χ1v) is 40.2. The smallest absolute Gasteiger partial charge is 0.216 e. The highest BCUT2D eigenvalue weighted by atomic mass is 16.3. The van der Waals surface area contributed by atoms with E-state index in [-0.39, 0.29) is 0 Å². The maximum Gasteiger partial charge on any atom is 0.216 e. The molecule has 0 bridgehead atoms. The van der Waals surface area contributed by atoms with Crippen molar-refractivity contribution in [2.45, 2.75) is 110 Å². The molecule has 0 saturated heterocycles. The summed E-state index contributed by atoms with van der Waals surface area (Å²) in [6.07, 6.45) is 10.8. The normalized spacial score (nSPS) is 11.5. The highest BCUT2D eigenvalue weighted by Crippen LogP contribution is 2.44. The Balaban J connectivity index is 0.000000109. The third-order valence-corrected chi connectivity index (χ3v) is 23.5. The van der Waals surface area contributed by atoms with Crippen LogP contribution in [0, 0.1) is 90.0 Å². The van der Waals surface area contributed by atoms with Crippen LogP contribution in [-0.2, 0) is 35.2 Å². The fourth-order valence-corrected chi connectivity index (χ4v) is 17.2. The summed E-state index contributed by atoms with van der Waals surface area (Å²) >= 11 is 0. The molecule has 0 unspecified atom stereocenters. The van der Waals surface area contributed by atoms with E-state index >= 15 is 0 Å². The molecule has 0 atom stereocenters. The van der Waals surface area contributed by atoms with Gasteiger partial charge in [0, 0.05) is 113 Å². The second kappa shape index (κ2) is 31.0. The number of hydrogen-bond donors (Lipinski definition) is 0. The first-order valence-electron chi connectivity index (χ1n) is 40.2. The predicted molar refractivity (Wildman–Crippen MR) is 477 cm³/mol. The van der Waals surface area contributed by atoms with Crippen molar-refractivity contribution in [2.75, 3.05) is 0 Å². The van der Waals surface area contributed by atoms with Crippen LogP contribution in [0.4, 0.5) is 0 Å². The number of para-hydroxylation sites is 5. The zero-order chi connectivity index (χ0) is 81.4. The Hall–Kier alpha value is -13.1. The average Bonchev–Trinajstić information content (AvgIpc) is 1.57. The molecule has 0 saturated carbocycles. The zero-order valence-corrected chi connectivity index (χ0v) is 70.5. The topological polar surface area (TPSA) is 85.1 Å². The van der Waals surface area contributed by atoms with Crippen LogP contribution in [0.5, 0.6) is 0 Å². The third-order valence-electron chi connectivity index (χ3n) is 23.5. The number of aryl methyl sites for hydroxylation is 18. The van der Waals surface area contributed by atoms with Gasteiger partial charge in [-0.1, -0.05) is 153 Å². The molecule has 0 aliphatic heterocycles. The maximum atomic E-state index is 6.31. The monoisotopic (exact) mass is 1520 g/mol. The largest absolute Gasteiger partial charge is 0.455 e. The highest BCUT2D eigenvalue weighted by molar-refractivity contribution is 6.15. The van der Waals surface area contributed by atoms with Crippen LogP contribution in [0.2, 0.25) is 0 Å². The lowest BCUT2D eigenvalue weighted by atomic mass is 9.96. The quantitative estimate of drug-likeness (QED) is 0.155. The van der Waals surface area contributed by atoms with Crippen molar-refractivity contribution >= 4 is 110 Å². The van der Waals surface area contributed by atoms with Gasteiger partial charge in [-0.25, -0.2) is 22.8 Å². The van der Waals surface area contributed by atoms with Crippen molar-refractivity contribution in [1.29, 1.82) is 0 Å². The summed E-state index contributed by atoms with van der Waals surface area (Å²) < 4.78 is 42.2. The van der Waals surface area contributed by atoms with Crippen molar-refractivity contribution in [3.8, 4) is 56.3 Å². The lowest BCUT2D eigenvalue weighted by Gasteiger charge is -2.09. The van der Waals surface area contributed by atoms with E-state index in [2.05, 4.69) is 351 Å². The lowest BCUT2D eigenvalue weighted by molar-refractivity contribution is -0.660. The number of nitrogens with zero attached hydrogens (tertiary/aromatic N) is 5. The second-order valence-corrected chi connectivity index (χ2v) is 32.4. The zero-order valence-electron chi connectivity index (χ0n) is 70.5. The van der Waals surface area contributed by atoms with Gasteiger partial charge in [0.25, 0.3) is 0 Å². The van der Waals surface area contributed by atoms with Crippen LogP contribution >= 0.6 is 0 Å². The summed E-state index contributed by atoms with van der Waals surface area (Å²) in [6.45, 7) is 32.4. The molecule has 10 nitrogen and oxygen atoms in total. The van der Waals surface area contributed by atoms with Crippen LogP contribution in [-0.4, -0.2) is 0 Å². The van der Waals surface area contributed by atoms with Gasteiger partial charge in [-0.2, -0.15) is 0 Å². The van der Waals surface area contributed by atoms with Crippen molar-refractivity contribution in [2.24, 2.45) is 35.2 Å². The summed E-state index contributed by atoms with van der Waals surface area (Å²) in [5.41, 5.74) is 39.3. The molecule has 0 fully saturated rings. The molecule has 10 heterocycles. The molecule has 0 spiro atoms. The minimum Gasteiger partial charge on any atom is -0.455 e. The fourth-order valence-electron chi connectivity index (χ4n) is 17.2. The summed E-state index contributed by atoms with van der Waals surface area (Å²) in [5.74, 6) is 0.500. The Kier molecular flexibility index (Phi) is 20.6. The SMILES string of the molecule is Cc1cc(-c2c(C)cc(C)c3c2oc2ccccc23)[n+](C)cc1C.Cc1cc(-c2c(C)ccc3c2oc2ccccc23)[n+](C)cc1C.Cc1ccc(-c2c(C)cc(C)c3c2oc2ccccc23)[n+](C)c1.Cc1ccc(-c2c(C)ccc3c2oc2ccccc23)[n+](C)c1.Cc1ccc2c(oc3ccccc32)c1-c1cc(C(C)C)cc[n+]1C. The fraction of sp³-hybridized carbons (Fsp3) is 0.198. The standard InChI is InChI=1S/2C22H22NO.2C21H20NO.C20H18NO/c1-13-11-18(23(5)12-16(13)4)21-15(3)10-14(2)20-17-8-6-7-9-19(17)24-22(20)21;1-14(2)16-11-12-23(4)19(13-16)21-15(3)9-10-18-17-7-5-6-8-20(17)24-22(18)21;1-13-9-10-17-16-7-5-6-8-19(16)23-21(17)20(13)18-11-14(2)15(3)12-22(18)4;1-13-9-10-17(22(4)12-13)20-15(3)11-14(2)19-16-7-5-6-8-18(16)23-21(19)20;1-13-8-11-17(21(3)12-13)19-14(2)9-10-16-15-6-4-5-7-18(15)22-20(16)19/h6-12H,1-5H3;5-14H,1-4H3;2*5-12H,1-4H3;4-12H,1-3H3/q5*+1.